The molecule has 1 aliphatic rings. The fourth-order valence-electron chi connectivity index (χ4n) is 7.65. The van der Waals surface area contributed by atoms with Crippen LogP contribution in [0.4, 0.5) is 0 Å². The Labute approximate surface area is 310 Å². The highest BCUT2D eigenvalue weighted by molar-refractivity contribution is 6.04. The molecule has 1 atom stereocenters. The highest BCUT2D eigenvalue weighted by atomic mass is 16.6. The Hall–Kier alpha value is -5.90. The summed E-state index contributed by atoms with van der Waals surface area (Å²) in [6.45, 7) is 9.21. The van der Waals surface area contributed by atoms with Crippen molar-refractivity contribution >= 4 is 53.9 Å². The minimum Gasteiger partial charge on any atom is -0.493 e. The van der Waals surface area contributed by atoms with Crippen LogP contribution >= 0.6 is 0 Å². The predicted octanol–water partition coefficient (Wildman–Crippen LogP) is 13.2. The van der Waals surface area contributed by atoms with E-state index < -0.39 is 0 Å². The average Bonchev–Trinajstić information content (AvgIpc) is 3.80. The van der Waals surface area contributed by atoms with Crippen molar-refractivity contribution in [1.82, 2.24) is 0 Å². The van der Waals surface area contributed by atoms with Gasteiger partial charge in [-0.05, 0) is 146 Å². The van der Waals surface area contributed by atoms with Crippen LogP contribution in [0.1, 0.15) is 26.7 Å². The molecule has 0 amide bonds. The molecule has 9 rings (SSSR count). The van der Waals surface area contributed by atoms with Gasteiger partial charge in [-0.25, -0.2) is 0 Å². The molecule has 0 aliphatic carbocycles. The van der Waals surface area contributed by atoms with Gasteiger partial charge >= 0.3 is 0 Å². The topological polar surface area (TPSA) is 31.0 Å². The van der Waals surface area contributed by atoms with E-state index in [2.05, 4.69) is 160 Å². The molecular formula is C50H42O3. The third-order valence-corrected chi connectivity index (χ3v) is 10.7. The molecule has 260 valence electrons. The number of hydrogen-bond donors (Lipinski definition) is 0. The van der Waals surface area contributed by atoms with Crippen molar-refractivity contribution in [2.24, 2.45) is 0 Å². The van der Waals surface area contributed by atoms with Crippen LogP contribution in [0.3, 0.4) is 0 Å². The lowest BCUT2D eigenvalue weighted by Crippen LogP contribution is -2.08. The molecule has 0 N–H and O–H groups in total. The van der Waals surface area contributed by atoms with E-state index in [1.807, 2.05) is 6.08 Å². The van der Waals surface area contributed by atoms with Crippen molar-refractivity contribution in [1.29, 1.82) is 0 Å². The summed E-state index contributed by atoms with van der Waals surface area (Å²) in [7, 11) is 0. The molecule has 1 unspecified atom stereocenters. The number of hydrogen-bond acceptors (Lipinski definition) is 3. The van der Waals surface area contributed by atoms with Crippen LogP contribution in [0.15, 0.2) is 158 Å². The number of benzene rings is 8. The predicted molar refractivity (Wildman–Crippen MR) is 223 cm³/mol. The van der Waals surface area contributed by atoms with Crippen LogP contribution in [0, 0.1) is 0 Å². The molecule has 1 aliphatic heterocycles. The summed E-state index contributed by atoms with van der Waals surface area (Å²) >= 11 is 0. The zero-order valence-corrected chi connectivity index (χ0v) is 30.3. The molecule has 53 heavy (non-hydrogen) atoms. The molecule has 0 aromatic heterocycles. The van der Waals surface area contributed by atoms with Crippen LogP contribution in [0.5, 0.6) is 11.5 Å². The van der Waals surface area contributed by atoms with Gasteiger partial charge < -0.3 is 14.2 Å². The van der Waals surface area contributed by atoms with Crippen molar-refractivity contribution in [2.45, 2.75) is 38.4 Å². The minimum absolute atomic E-state index is 0.0851. The highest BCUT2D eigenvalue weighted by Crippen LogP contribution is 2.43. The zero-order valence-electron chi connectivity index (χ0n) is 30.3. The molecule has 1 fully saturated rings. The lowest BCUT2D eigenvalue weighted by molar-refractivity contribution is 0.276. The van der Waals surface area contributed by atoms with Gasteiger partial charge in [-0.3, -0.25) is 0 Å². The third kappa shape index (κ3) is 6.65. The number of fused-ring (bicyclic) bond motifs is 5. The van der Waals surface area contributed by atoms with Gasteiger partial charge in [0.05, 0.1) is 24.9 Å². The van der Waals surface area contributed by atoms with E-state index >= 15 is 0 Å². The van der Waals surface area contributed by atoms with E-state index in [0.717, 1.165) is 57.4 Å². The average molecular weight is 691 g/mol. The maximum absolute atomic E-state index is 6.73. The van der Waals surface area contributed by atoms with Crippen LogP contribution in [-0.4, -0.2) is 24.9 Å². The largest absolute Gasteiger partial charge is 0.493 e. The van der Waals surface area contributed by atoms with E-state index in [1.165, 1.54) is 43.1 Å². The van der Waals surface area contributed by atoms with Crippen molar-refractivity contribution in [3.8, 4) is 33.8 Å². The van der Waals surface area contributed by atoms with Crippen LogP contribution in [-0.2, 0) is 4.74 Å². The van der Waals surface area contributed by atoms with Crippen LogP contribution in [0.2, 0.25) is 0 Å². The minimum atomic E-state index is -0.0851. The van der Waals surface area contributed by atoms with E-state index in [1.54, 1.807) is 6.08 Å². The first-order valence-corrected chi connectivity index (χ1v) is 18.6. The summed E-state index contributed by atoms with van der Waals surface area (Å²) in [5, 5.41) is 11.9. The summed E-state index contributed by atoms with van der Waals surface area (Å²) in [5.41, 5.74) is 4.37. The second kappa shape index (κ2) is 13.6. The summed E-state index contributed by atoms with van der Waals surface area (Å²) < 4.78 is 19.3. The molecular weight excluding hydrogens is 649 g/mol. The van der Waals surface area contributed by atoms with Gasteiger partial charge in [0, 0.05) is 17.2 Å². The Balaban J connectivity index is 1.18. The summed E-state index contributed by atoms with van der Waals surface area (Å²) in [5.74, 6) is 1.69. The molecule has 1 saturated heterocycles. The van der Waals surface area contributed by atoms with E-state index in [-0.39, 0.29) is 11.7 Å². The number of allylic oxidation sites excluding steroid dienone is 2. The van der Waals surface area contributed by atoms with Gasteiger partial charge in [-0.1, -0.05) is 97.6 Å². The Morgan fingerprint density at radius 3 is 1.47 bits per heavy atom. The normalized spacial score (nSPS) is 15.2. The van der Waals surface area contributed by atoms with E-state index in [9.17, 15) is 0 Å². The Bertz CT molecular complexity index is 2720. The van der Waals surface area contributed by atoms with Gasteiger partial charge in [-0.15, -0.1) is 0 Å². The Morgan fingerprint density at radius 2 is 1.00 bits per heavy atom. The van der Waals surface area contributed by atoms with Crippen LogP contribution < -0.4 is 9.47 Å². The van der Waals surface area contributed by atoms with Crippen molar-refractivity contribution in [2.75, 3.05) is 13.2 Å². The number of rotatable bonds is 11. The fraction of sp³-hybridized carbons (Fsp3) is 0.160. The van der Waals surface area contributed by atoms with Gasteiger partial charge in [0.1, 0.15) is 11.5 Å². The van der Waals surface area contributed by atoms with Gasteiger partial charge in [-0.2, -0.15) is 0 Å². The Kier molecular flexibility index (Phi) is 8.45. The number of epoxide rings is 1. The summed E-state index contributed by atoms with van der Waals surface area (Å²) in [6, 6.07) is 48.6. The van der Waals surface area contributed by atoms with Gasteiger partial charge in [0.2, 0.25) is 0 Å². The molecule has 0 bridgehead atoms. The van der Waals surface area contributed by atoms with Gasteiger partial charge in [0.25, 0.3) is 0 Å². The fourth-order valence-corrected chi connectivity index (χ4v) is 7.65. The quantitative estimate of drug-likeness (QED) is 0.0586. The molecule has 0 saturated carbocycles. The van der Waals surface area contributed by atoms with Crippen LogP contribution in [0.25, 0.3) is 76.1 Å². The van der Waals surface area contributed by atoms with Gasteiger partial charge in [0.15, 0.2) is 0 Å². The van der Waals surface area contributed by atoms with Crippen molar-refractivity contribution in [3.63, 3.8) is 0 Å². The standard InChI is InChI=1S/C50H42O3/c1-4-5-6-11-21-51-47-31-43(39-18-16-37-23-33-12-7-9-14-35(33)25-41(37)27-39)30-46-45(47)29-44(32-48(46)52-22-20-49-50(2,3)53-49)40-19-17-38-24-34-13-8-10-15-36(34)26-42(38)28-40/h4-10,12-19,23-32,49H,1,11,20-22H2,2-3H3/b6-5-. The molecule has 0 radical (unpaired) electrons. The van der Waals surface area contributed by atoms with E-state index in [0.29, 0.717) is 13.2 Å². The second-order valence-electron chi connectivity index (χ2n) is 14.7. The van der Waals surface area contributed by atoms with Crippen molar-refractivity contribution in [3.05, 3.63) is 158 Å². The molecule has 3 heteroatoms. The smallest absolute Gasteiger partial charge is 0.127 e. The maximum Gasteiger partial charge on any atom is 0.127 e. The summed E-state index contributed by atoms with van der Waals surface area (Å²) in [4.78, 5) is 0. The Morgan fingerprint density at radius 1 is 0.547 bits per heavy atom. The first-order chi connectivity index (χ1) is 25.9. The zero-order chi connectivity index (χ0) is 35.9. The maximum atomic E-state index is 6.73. The third-order valence-electron chi connectivity index (χ3n) is 10.7. The molecule has 1 heterocycles. The SMILES string of the molecule is C=C/C=C\CCOc1cc(-c2ccc3cc4ccccc4cc3c2)cc2c(OCCC3OC3(C)C)cc(-c3ccc4cc5ccccc5cc4c3)cc12. The molecule has 3 nitrogen and oxygen atoms in total. The number of ether oxygens (including phenoxy) is 3. The first-order valence-electron chi connectivity index (χ1n) is 18.6. The lowest BCUT2D eigenvalue weighted by atomic mass is 9.93. The highest BCUT2D eigenvalue weighted by Gasteiger charge is 2.47. The molecule has 0 spiro atoms. The molecule has 8 aromatic rings. The summed E-state index contributed by atoms with van der Waals surface area (Å²) in [6.07, 6.45) is 7.67. The second-order valence-corrected chi connectivity index (χ2v) is 14.7. The lowest BCUT2D eigenvalue weighted by Gasteiger charge is -2.18. The molecule has 8 aromatic carbocycles. The monoisotopic (exact) mass is 690 g/mol. The van der Waals surface area contributed by atoms with E-state index in [4.69, 9.17) is 14.2 Å². The van der Waals surface area contributed by atoms with Crippen molar-refractivity contribution < 1.29 is 14.2 Å². The first kappa shape index (κ1) is 33.0.